The number of nitrogens with two attached hydrogens (primary N) is 1. The molecule has 0 aliphatic rings. The summed E-state index contributed by atoms with van der Waals surface area (Å²) in [6.07, 6.45) is -2.34. The monoisotopic (exact) mass is 302 g/mol. The molecule has 3 N–H and O–H groups in total. The van der Waals surface area contributed by atoms with Crippen LogP contribution in [-0.4, -0.2) is 13.4 Å². The number of primary sulfonamides is 1. The highest BCUT2D eigenvalue weighted by Gasteiger charge is 2.23. The molecule has 0 spiro atoms. The molecule has 84 valence electrons. The van der Waals surface area contributed by atoms with Gasteiger partial charge in [0.05, 0.1) is 10.0 Å². The standard InChI is InChI=1S/C6H5BrF2N2O3S/c7-4-2(15(10,13)14)1-11-6(12)3(4)5(8)9/h1,5H,(H,11,12)(H2,10,13,14). The SMILES string of the molecule is NS(=O)(=O)c1c[nH]c(=O)c(C(F)F)c1Br. The minimum absolute atomic E-state index is 0.510. The fraction of sp³-hybridized carbons (Fsp3) is 0.167. The smallest absolute Gasteiger partial charge is 0.270 e. The Bertz CT molecular complexity index is 540. The van der Waals surface area contributed by atoms with Gasteiger partial charge in [0.25, 0.3) is 12.0 Å². The number of halogens is 3. The Hall–Kier alpha value is -0.800. The van der Waals surface area contributed by atoms with E-state index in [1.165, 1.54) is 0 Å². The maximum absolute atomic E-state index is 12.4. The van der Waals surface area contributed by atoms with Gasteiger partial charge in [-0.15, -0.1) is 0 Å². The van der Waals surface area contributed by atoms with E-state index in [4.69, 9.17) is 5.14 Å². The second kappa shape index (κ2) is 3.99. The van der Waals surface area contributed by atoms with Crippen LogP contribution in [0.25, 0.3) is 0 Å². The van der Waals surface area contributed by atoms with E-state index in [1.54, 1.807) is 0 Å². The van der Waals surface area contributed by atoms with Gasteiger partial charge in [0.2, 0.25) is 10.0 Å². The molecule has 0 amide bonds. The molecule has 0 atom stereocenters. The third-order valence-corrected chi connectivity index (χ3v) is 3.61. The van der Waals surface area contributed by atoms with Crippen LogP contribution >= 0.6 is 15.9 Å². The molecule has 0 aliphatic heterocycles. The second-order valence-electron chi connectivity index (χ2n) is 2.56. The zero-order valence-corrected chi connectivity index (χ0v) is 9.40. The first-order valence-electron chi connectivity index (χ1n) is 3.47. The topological polar surface area (TPSA) is 93.0 Å². The number of rotatable bonds is 2. The first-order valence-corrected chi connectivity index (χ1v) is 5.81. The Morgan fingerprint density at radius 1 is 1.47 bits per heavy atom. The van der Waals surface area contributed by atoms with Gasteiger partial charge < -0.3 is 4.98 Å². The van der Waals surface area contributed by atoms with Crippen LogP contribution in [0.4, 0.5) is 8.78 Å². The van der Waals surface area contributed by atoms with Crippen molar-refractivity contribution in [3.8, 4) is 0 Å². The number of sulfonamides is 1. The van der Waals surface area contributed by atoms with Crippen LogP contribution in [0.3, 0.4) is 0 Å². The lowest BCUT2D eigenvalue weighted by atomic mass is 10.3. The summed E-state index contributed by atoms with van der Waals surface area (Å²) in [7, 11) is -4.16. The van der Waals surface area contributed by atoms with Gasteiger partial charge in [-0.3, -0.25) is 4.79 Å². The van der Waals surface area contributed by atoms with Crippen molar-refractivity contribution in [1.82, 2.24) is 4.98 Å². The molecule has 0 aliphatic carbocycles. The molecule has 9 heteroatoms. The molecule has 0 unspecified atom stereocenters. The first kappa shape index (κ1) is 12.3. The lowest BCUT2D eigenvalue weighted by Crippen LogP contribution is -2.20. The lowest BCUT2D eigenvalue weighted by Gasteiger charge is -2.05. The molecule has 0 radical (unpaired) electrons. The maximum atomic E-state index is 12.4. The summed E-state index contributed by atoms with van der Waals surface area (Å²) in [5.41, 5.74) is -2.02. The largest absolute Gasteiger partial charge is 0.327 e. The van der Waals surface area contributed by atoms with Gasteiger partial charge >= 0.3 is 0 Å². The molecule has 0 saturated heterocycles. The van der Waals surface area contributed by atoms with Crippen LogP contribution in [0.1, 0.15) is 12.0 Å². The minimum Gasteiger partial charge on any atom is -0.327 e. The summed E-state index contributed by atoms with van der Waals surface area (Å²) in [5.74, 6) is 0. The molecule has 0 saturated carbocycles. The minimum atomic E-state index is -4.16. The molecule has 0 aromatic carbocycles. The number of hydrogen-bond donors (Lipinski definition) is 2. The van der Waals surface area contributed by atoms with Crippen LogP contribution in [0.15, 0.2) is 20.4 Å². The Kier molecular flexibility index (Phi) is 3.26. The van der Waals surface area contributed by atoms with E-state index in [9.17, 15) is 22.0 Å². The van der Waals surface area contributed by atoms with E-state index < -0.39 is 36.9 Å². The molecule has 5 nitrogen and oxygen atoms in total. The van der Waals surface area contributed by atoms with Crippen LogP contribution in [0.5, 0.6) is 0 Å². The van der Waals surface area contributed by atoms with E-state index >= 15 is 0 Å². The van der Waals surface area contributed by atoms with Crippen LogP contribution in [0.2, 0.25) is 0 Å². The quantitative estimate of drug-likeness (QED) is 0.843. The zero-order valence-electron chi connectivity index (χ0n) is 7.00. The van der Waals surface area contributed by atoms with Crippen molar-refractivity contribution in [3.05, 3.63) is 26.6 Å². The van der Waals surface area contributed by atoms with Crippen molar-refractivity contribution < 1.29 is 17.2 Å². The number of nitrogens with one attached hydrogen (secondary N) is 1. The van der Waals surface area contributed by atoms with Crippen molar-refractivity contribution in [2.75, 3.05) is 0 Å². The van der Waals surface area contributed by atoms with E-state index in [0.29, 0.717) is 0 Å². The molecule has 1 rings (SSSR count). The second-order valence-corrected chi connectivity index (χ2v) is 4.88. The first-order chi connectivity index (χ1) is 6.75. The van der Waals surface area contributed by atoms with Gasteiger partial charge in [0.15, 0.2) is 0 Å². The highest BCUT2D eigenvalue weighted by Crippen LogP contribution is 2.28. The van der Waals surface area contributed by atoms with E-state index in [0.717, 1.165) is 6.20 Å². The molecule has 15 heavy (non-hydrogen) atoms. The van der Waals surface area contributed by atoms with Gasteiger partial charge in [-0.25, -0.2) is 22.3 Å². The lowest BCUT2D eigenvalue weighted by molar-refractivity contribution is 0.148. The average Bonchev–Trinajstić information content (AvgIpc) is 2.00. The van der Waals surface area contributed by atoms with Crippen molar-refractivity contribution in [3.63, 3.8) is 0 Å². The van der Waals surface area contributed by atoms with Gasteiger partial charge in [-0.1, -0.05) is 0 Å². The third kappa shape index (κ3) is 2.41. The van der Waals surface area contributed by atoms with Gasteiger partial charge in [0.1, 0.15) is 4.90 Å². The summed E-state index contributed by atoms with van der Waals surface area (Å²) >= 11 is 2.61. The Morgan fingerprint density at radius 3 is 2.40 bits per heavy atom. The number of pyridine rings is 1. The Labute approximate surface area is 91.5 Å². The normalized spacial score (nSPS) is 12.1. The van der Waals surface area contributed by atoms with Crippen molar-refractivity contribution in [2.24, 2.45) is 5.14 Å². The fourth-order valence-corrected chi connectivity index (χ4v) is 2.63. The number of aromatic amines is 1. The predicted molar refractivity (Wildman–Crippen MR) is 51.1 cm³/mol. The van der Waals surface area contributed by atoms with Gasteiger partial charge in [-0.2, -0.15) is 0 Å². The Balaban J connectivity index is 3.64. The molecule has 1 heterocycles. The number of alkyl halides is 2. The zero-order chi connectivity index (χ0) is 11.8. The van der Waals surface area contributed by atoms with Gasteiger partial charge in [0, 0.05) is 6.20 Å². The molecular formula is C6H5BrF2N2O3S. The van der Waals surface area contributed by atoms with Crippen molar-refractivity contribution >= 4 is 26.0 Å². The highest BCUT2D eigenvalue weighted by atomic mass is 79.9. The molecule has 1 aromatic heterocycles. The number of hydrogen-bond acceptors (Lipinski definition) is 3. The van der Waals surface area contributed by atoms with E-state index in [2.05, 4.69) is 15.9 Å². The van der Waals surface area contributed by atoms with Crippen molar-refractivity contribution in [2.45, 2.75) is 11.3 Å². The van der Waals surface area contributed by atoms with E-state index in [1.807, 2.05) is 4.98 Å². The summed E-state index contributed by atoms with van der Waals surface area (Å²) < 4.78 is 46.1. The molecule has 0 bridgehead atoms. The molecule has 1 aromatic rings. The summed E-state index contributed by atoms with van der Waals surface area (Å²) in [6, 6.07) is 0. The molecular weight excluding hydrogens is 298 g/mol. The number of H-pyrrole nitrogens is 1. The van der Waals surface area contributed by atoms with Crippen LogP contribution in [0, 0.1) is 0 Å². The van der Waals surface area contributed by atoms with E-state index in [-0.39, 0.29) is 0 Å². The fourth-order valence-electron chi connectivity index (χ4n) is 0.907. The summed E-state index contributed by atoms with van der Waals surface area (Å²) in [4.78, 5) is 12.2. The van der Waals surface area contributed by atoms with Crippen molar-refractivity contribution in [1.29, 1.82) is 0 Å². The Morgan fingerprint density at radius 2 is 2.00 bits per heavy atom. The van der Waals surface area contributed by atoms with Crippen LogP contribution < -0.4 is 10.7 Å². The third-order valence-electron chi connectivity index (χ3n) is 1.56. The summed E-state index contributed by atoms with van der Waals surface area (Å²) in [5, 5.41) is 4.75. The average molecular weight is 303 g/mol. The van der Waals surface area contributed by atoms with Gasteiger partial charge in [-0.05, 0) is 15.9 Å². The molecule has 0 fully saturated rings. The van der Waals surface area contributed by atoms with Crippen LogP contribution in [-0.2, 0) is 10.0 Å². The summed E-state index contributed by atoms with van der Waals surface area (Å²) in [6.45, 7) is 0. The highest BCUT2D eigenvalue weighted by molar-refractivity contribution is 9.10. The maximum Gasteiger partial charge on any atom is 0.270 e. The predicted octanol–water partition coefficient (Wildman–Crippen LogP) is 0.722. The number of aromatic nitrogens is 1.